The molecule has 0 spiro atoms. The molecule has 143 heavy (non-hydrogen) atoms. The minimum absolute atomic E-state index is 0.266. The van der Waals surface area contributed by atoms with E-state index in [1.54, 1.807) is 6.07 Å². The molecule has 0 aliphatic heterocycles. The van der Waals surface area contributed by atoms with Crippen LogP contribution in [0, 0.1) is 0 Å². The molecule has 4 heterocycles. The summed E-state index contributed by atoms with van der Waals surface area (Å²) in [5, 5.41) is 20.9. The van der Waals surface area contributed by atoms with Crippen LogP contribution < -0.4 is 9.80 Å². The van der Waals surface area contributed by atoms with Crippen molar-refractivity contribution >= 4 is 214 Å². The molecule has 0 N–H and O–H groups in total. The van der Waals surface area contributed by atoms with Crippen molar-refractivity contribution in [2.75, 3.05) is 9.80 Å². The summed E-state index contributed by atoms with van der Waals surface area (Å²) in [5.74, 6) is -1.20. The molecule has 1 aliphatic rings. The van der Waals surface area contributed by atoms with Crippen molar-refractivity contribution in [2.45, 2.75) is 0 Å². The summed E-state index contributed by atoms with van der Waals surface area (Å²) >= 11 is 4.40. The number of ketones is 2. The maximum Gasteiger partial charge on any atom is 0.236 e. The van der Waals surface area contributed by atoms with Crippen LogP contribution in [0.25, 0.3) is 241 Å². The topological polar surface area (TPSA) is 93.2 Å². The lowest BCUT2D eigenvalue weighted by atomic mass is 9.79. The summed E-state index contributed by atoms with van der Waals surface area (Å²) < 4.78 is 29.3. The highest BCUT2D eigenvalue weighted by Crippen LogP contribution is 2.58. The van der Waals surface area contributed by atoms with Gasteiger partial charge in [0.2, 0.25) is 11.6 Å². The number of hydrogen-bond acceptors (Lipinski definition) is 8. The molecule has 24 aromatic carbocycles. The quantitative estimate of drug-likeness (QED) is 0.0833. The first-order valence-electron chi connectivity index (χ1n) is 48.2. The second-order valence-electron chi connectivity index (χ2n) is 37.0. The fourth-order valence-corrected chi connectivity index (χ4v) is 23.3. The van der Waals surface area contributed by atoms with Crippen molar-refractivity contribution in [1.82, 2.24) is 0 Å². The van der Waals surface area contributed by atoms with Crippen molar-refractivity contribution in [2.24, 2.45) is 0 Å². The molecule has 0 atom stereocenters. The third-order valence-electron chi connectivity index (χ3n) is 29.1. The van der Waals surface area contributed by atoms with Gasteiger partial charge in [-0.1, -0.05) is 388 Å². The van der Waals surface area contributed by atoms with Crippen molar-refractivity contribution < 1.29 is 27.3 Å². The lowest BCUT2D eigenvalue weighted by Gasteiger charge is -2.31. The Morgan fingerprint density at radius 2 is 0.531 bits per heavy atom. The second-order valence-corrected chi connectivity index (χ2v) is 37.8. The van der Waals surface area contributed by atoms with Crippen molar-refractivity contribution in [1.29, 1.82) is 0 Å². The van der Waals surface area contributed by atoms with Crippen LogP contribution in [0.3, 0.4) is 0 Å². The zero-order valence-corrected chi connectivity index (χ0v) is 78.4. The van der Waals surface area contributed by atoms with Gasteiger partial charge in [0, 0.05) is 98.6 Å². The minimum atomic E-state index is -0.609. The molecule has 29 rings (SSSR count). The van der Waals surface area contributed by atoms with Crippen LogP contribution in [-0.2, 0) is 0 Å². The van der Waals surface area contributed by atoms with Crippen LogP contribution in [0.4, 0.5) is 34.1 Å². The highest BCUT2D eigenvalue weighted by atomic mass is 79.9. The van der Waals surface area contributed by atoms with E-state index in [0.717, 1.165) is 219 Å². The van der Waals surface area contributed by atoms with Crippen molar-refractivity contribution in [3.63, 3.8) is 0 Å². The number of Topliss-reactive ketones (excluding diaryl/α,β-unsaturated/α-hetero) is 2. The van der Waals surface area contributed by atoms with E-state index < -0.39 is 11.6 Å². The fraction of sp³-hybridized carbons (Fsp3) is 0. The number of hydrogen-bond donors (Lipinski definition) is 0. The summed E-state index contributed by atoms with van der Waals surface area (Å²) in [6.45, 7) is 0. The van der Waals surface area contributed by atoms with Gasteiger partial charge in [-0.25, -0.2) is 0 Å². The van der Waals surface area contributed by atoms with E-state index in [1.807, 2.05) is 42.5 Å². The molecule has 28 aromatic rings. The molecule has 0 radical (unpaired) electrons. The van der Waals surface area contributed by atoms with Crippen LogP contribution in [0.5, 0.6) is 0 Å². The molecule has 0 saturated heterocycles. The smallest absolute Gasteiger partial charge is 0.236 e. The first-order chi connectivity index (χ1) is 70.7. The van der Waals surface area contributed by atoms with Gasteiger partial charge in [-0.2, -0.15) is 0 Å². The highest BCUT2D eigenvalue weighted by Gasteiger charge is 2.41. The average molecular weight is 1890 g/mol. The number of fused-ring (bicyclic) bond motifs is 25. The van der Waals surface area contributed by atoms with Crippen LogP contribution in [0.1, 0.15) is 20.7 Å². The van der Waals surface area contributed by atoms with E-state index >= 15 is 9.59 Å². The van der Waals surface area contributed by atoms with Crippen molar-refractivity contribution in [3.8, 4) is 89.0 Å². The molecule has 0 amide bonds. The predicted molar refractivity (Wildman–Crippen MR) is 596 cm³/mol. The zero-order chi connectivity index (χ0) is 94.6. The molecule has 1 aliphatic carbocycles. The van der Waals surface area contributed by atoms with Crippen molar-refractivity contribution in [3.05, 3.63) is 495 Å². The number of benzene rings is 24. The van der Waals surface area contributed by atoms with Crippen LogP contribution >= 0.6 is 15.9 Å². The first-order valence-corrected chi connectivity index (χ1v) is 49.0. The number of halogens is 1. The standard InChI is InChI=1S/C68H39NO4.C66H40BrNO2/c70-65-54-34-35-59-61(55-31-15-30-53(67(55)72-59)50-29-14-22-42-20-7-9-25-47(42)50)62(54)64-63(66(65)71)58(39-56-52-33-32-44(38-60(52)73-68(56)64)41-18-5-2-6-19-41)69(46-24-13-23-43(36-46)40-16-3-1-4-17-40)57-37-45-21-8-10-26-48(45)49-27-11-12-28-51(49)57;67-64-59(68(47-25-13-24-44(37-47)41-17-3-1-4-18-41)58-38-46-22-8-10-27-49(46)50-28-11-12-29-52(50)58)40-57-53-36-35-45(42-19-5-2-6-20-42)39-61(53)70-66(57)63(64)55-32-16-34-60-62(55)56-33-15-31-54(65(56)69-60)51-30-14-23-43-21-7-9-26-48(43)51/h1-39H;1-40H. The van der Waals surface area contributed by atoms with E-state index in [2.05, 4.69) is 456 Å². The van der Waals surface area contributed by atoms with Crippen LogP contribution in [0.2, 0.25) is 0 Å². The summed E-state index contributed by atoms with van der Waals surface area (Å²) in [6, 6.07) is 168. The van der Waals surface area contributed by atoms with E-state index in [4.69, 9.17) is 17.7 Å². The Morgan fingerprint density at radius 3 is 1.03 bits per heavy atom. The normalized spacial score (nSPS) is 12.1. The third-order valence-corrected chi connectivity index (χ3v) is 29.9. The Labute approximate surface area is 828 Å². The van der Waals surface area contributed by atoms with Gasteiger partial charge in [-0.15, -0.1) is 0 Å². The predicted octanol–water partition coefficient (Wildman–Crippen LogP) is 38.3. The molecule has 8 nitrogen and oxygen atoms in total. The number of carbonyl (C=O) groups excluding carboxylic acids is 2. The minimum Gasteiger partial charge on any atom is -0.455 e. The number of carbonyl (C=O) groups is 2. The van der Waals surface area contributed by atoms with Gasteiger partial charge in [0.25, 0.3) is 0 Å². The number of para-hydroxylation sites is 2. The molecular formula is C134H79BrN2O6. The lowest BCUT2D eigenvalue weighted by Crippen LogP contribution is -2.25. The van der Waals surface area contributed by atoms with E-state index in [9.17, 15) is 0 Å². The third kappa shape index (κ3) is 13.4. The van der Waals surface area contributed by atoms with Gasteiger partial charge in [-0.3, -0.25) is 9.59 Å². The molecule has 0 fully saturated rings. The number of rotatable bonds is 13. The van der Waals surface area contributed by atoms with E-state index in [0.29, 0.717) is 44.7 Å². The molecular weight excluding hydrogens is 1810 g/mol. The van der Waals surface area contributed by atoms with E-state index in [-0.39, 0.29) is 5.56 Å². The molecule has 9 heteroatoms. The van der Waals surface area contributed by atoms with Gasteiger partial charge < -0.3 is 27.5 Å². The lowest BCUT2D eigenvalue weighted by molar-refractivity contribution is 0.0816. The zero-order valence-electron chi connectivity index (χ0n) is 76.8. The summed E-state index contributed by atoms with van der Waals surface area (Å²) in [4.78, 5) is 35.6. The Bertz CT molecular complexity index is 10200. The fourth-order valence-electron chi connectivity index (χ4n) is 22.6. The Kier molecular flexibility index (Phi) is 19.3. The molecule has 0 unspecified atom stereocenters. The van der Waals surface area contributed by atoms with Gasteiger partial charge in [0.05, 0.1) is 32.8 Å². The Balaban J connectivity index is 0.000000140. The van der Waals surface area contributed by atoms with Gasteiger partial charge in [0.1, 0.15) is 44.7 Å². The maximum atomic E-state index is 15.7. The molecule has 668 valence electrons. The Morgan fingerprint density at radius 1 is 0.175 bits per heavy atom. The van der Waals surface area contributed by atoms with Gasteiger partial charge in [0.15, 0.2) is 0 Å². The molecule has 0 bridgehead atoms. The second kappa shape index (κ2) is 33.4. The summed E-state index contributed by atoms with van der Waals surface area (Å²) in [6.07, 6.45) is 0. The Hall–Kier alpha value is -18.5. The molecule has 4 aromatic heterocycles. The monoisotopic (exact) mass is 1890 g/mol. The van der Waals surface area contributed by atoms with Crippen LogP contribution in [-0.4, -0.2) is 11.6 Å². The maximum absolute atomic E-state index is 15.7. The first kappa shape index (κ1) is 82.7. The number of nitrogens with zero attached hydrogens (tertiary/aromatic N) is 2. The van der Waals surface area contributed by atoms with Gasteiger partial charge in [-0.05, 0) is 222 Å². The van der Waals surface area contributed by atoms with Crippen LogP contribution in [0.15, 0.2) is 501 Å². The average Bonchev–Trinajstić information content (AvgIpc) is 1.60. The van der Waals surface area contributed by atoms with E-state index in [1.165, 1.54) is 21.5 Å². The molecule has 0 saturated carbocycles. The number of anilines is 6. The van der Waals surface area contributed by atoms with Gasteiger partial charge >= 0.3 is 0 Å². The largest absolute Gasteiger partial charge is 0.455 e. The number of furan rings is 4. The summed E-state index contributed by atoms with van der Waals surface area (Å²) in [5.41, 5.74) is 27.5. The summed E-state index contributed by atoms with van der Waals surface area (Å²) in [7, 11) is 0. The SMILES string of the molecule is Brc1c(N(c2cccc(-c3ccccc3)c2)c2cc3ccccc3c3ccccc23)cc2c(oc3cc(-c4ccccc4)ccc32)c1-c1cccc2oc3c(-c4cccc5ccccc45)cccc3c12.O=C1C(=O)c2c(N(c3cccc(-c4ccccc4)c3)c3cc4ccccc4c4ccccc34)cc3c(oc4cc(-c5ccccc5)ccc43)c2-c2c1ccc1oc3c(-c4cccc5ccccc45)cccc3c21. The highest BCUT2D eigenvalue weighted by molar-refractivity contribution is 9.10.